The van der Waals surface area contributed by atoms with Crippen LogP contribution in [0, 0.1) is 0 Å². The summed E-state index contributed by atoms with van der Waals surface area (Å²) in [6.45, 7) is 1.95. The number of piperidine rings is 1. The maximum atomic E-state index is 12.8. The normalized spacial score (nSPS) is 23.0. The molecule has 27 heavy (non-hydrogen) atoms. The number of hydrogen-bond acceptors (Lipinski definition) is 5. The zero-order valence-electron chi connectivity index (χ0n) is 15.5. The maximum absolute atomic E-state index is 12.8. The minimum absolute atomic E-state index is 0.0544. The number of halogens is 1. The predicted molar refractivity (Wildman–Crippen MR) is 104 cm³/mol. The Morgan fingerprint density at radius 2 is 2.00 bits per heavy atom. The number of rotatable bonds is 3. The Labute approximate surface area is 168 Å². The van der Waals surface area contributed by atoms with Gasteiger partial charge in [0.05, 0.1) is 19.2 Å². The van der Waals surface area contributed by atoms with Crippen molar-refractivity contribution in [1.29, 1.82) is 0 Å². The van der Waals surface area contributed by atoms with E-state index in [1.54, 1.807) is 5.38 Å². The number of nitrogens with zero attached hydrogens (tertiary/aromatic N) is 2. The third kappa shape index (κ3) is 3.51. The average molecular weight is 413 g/mol. The van der Waals surface area contributed by atoms with Gasteiger partial charge in [-0.1, -0.05) is 18.0 Å². The highest BCUT2D eigenvalue weighted by Gasteiger charge is 2.48. The highest BCUT2D eigenvalue weighted by molar-refractivity contribution is 7.15. The van der Waals surface area contributed by atoms with Crippen molar-refractivity contribution in [2.75, 3.05) is 26.7 Å². The Morgan fingerprint density at radius 1 is 1.30 bits per heavy atom. The molecular formula is C19H25ClN2O4S. The van der Waals surface area contributed by atoms with E-state index in [2.05, 4.69) is 0 Å². The molecule has 1 aliphatic carbocycles. The van der Waals surface area contributed by atoms with E-state index < -0.39 is 0 Å². The molecule has 148 valence electrons. The predicted octanol–water partition coefficient (Wildman–Crippen LogP) is 4.17. The number of amides is 2. The van der Waals surface area contributed by atoms with Gasteiger partial charge in [0.2, 0.25) is 0 Å². The summed E-state index contributed by atoms with van der Waals surface area (Å²) < 4.78 is 11.6. The molecule has 0 N–H and O–H groups in total. The van der Waals surface area contributed by atoms with Crippen molar-refractivity contribution in [2.24, 2.45) is 0 Å². The first-order chi connectivity index (χ1) is 13.0. The Morgan fingerprint density at radius 3 is 2.67 bits per heavy atom. The van der Waals surface area contributed by atoms with Crippen LogP contribution in [0.1, 0.15) is 55.3 Å². The highest BCUT2D eigenvalue weighted by Crippen LogP contribution is 2.39. The maximum Gasteiger partial charge on any atom is 0.410 e. The summed E-state index contributed by atoms with van der Waals surface area (Å²) in [5.74, 6) is 0.400. The van der Waals surface area contributed by atoms with Crippen LogP contribution < -0.4 is 4.74 Å². The molecule has 0 aromatic carbocycles. The fraction of sp³-hybridized carbons (Fsp3) is 0.684. The summed E-state index contributed by atoms with van der Waals surface area (Å²) in [6.07, 6.45) is 6.84. The van der Waals surface area contributed by atoms with Crippen LogP contribution >= 0.6 is 22.9 Å². The molecule has 1 aromatic rings. The van der Waals surface area contributed by atoms with Gasteiger partial charge in [0.1, 0.15) is 9.94 Å². The fourth-order valence-electron chi connectivity index (χ4n) is 4.60. The third-order valence-corrected chi connectivity index (χ3v) is 7.28. The lowest BCUT2D eigenvalue weighted by molar-refractivity contribution is 0.0259. The van der Waals surface area contributed by atoms with Crippen molar-refractivity contribution < 1.29 is 19.1 Å². The van der Waals surface area contributed by atoms with Gasteiger partial charge in [-0.15, -0.1) is 11.3 Å². The zero-order valence-corrected chi connectivity index (χ0v) is 17.1. The Hall–Kier alpha value is -1.47. The van der Waals surface area contributed by atoms with Crippen LogP contribution in [-0.4, -0.2) is 60.2 Å². The van der Waals surface area contributed by atoms with Gasteiger partial charge in [-0.25, -0.2) is 4.79 Å². The van der Waals surface area contributed by atoms with Crippen LogP contribution in [-0.2, 0) is 4.74 Å². The standard InChI is InChI=1S/C19H25ClN2O4S/c1-25-15-14(11-27-16(15)20)17(23)21-9-5-13(6-10-21)22-12-19(26-18(22)24)7-3-2-4-8-19/h11,13H,2-10,12H2,1H3. The van der Waals surface area contributed by atoms with Gasteiger partial charge < -0.3 is 19.3 Å². The number of carbonyl (C=O) groups is 2. The number of ether oxygens (including phenoxy) is 2. The van der Waals surface area contributed by atoms with Gasteiger partial charge >= 0.3 is 6.09 Å². The summed E-state index contributed by atoms with van der Waals surface area (Å²) in [4.78, 5) is 29.0. The van der Waals surface area contributed by atoms with Gasteiger partial charge in [0.25, 0.3) is 5.91 Å². The van der Waals surface area contributed by atoms with Crippen molar-refractivity contribution in [3.05, 3.63) is 15.3 Å². The van der Waals surface area contributed by atoms with E-state index >= 15 is 0 Å². The third-order valence-electron chi connectivity index (χ3n) is 6.09. The number of hydrogen-bond donors (Lipinski definition) is 0. The zero-order chi connectivity index (χ0) is 19.0. The Balaban J connectivity index is 1.37. The summed E-state index contributed by atoms with van der Waals surface area (Å²) in [7, 11) is 1.52. The van der Waals surface area contributed by atoms with Gasteiger partial charge in [-0.05, 0) is 38.5 Å². The second kappa shape index (κ2) is 7.51. The van der Waals surface area contributed by atoms with Gasteiger partial charge in [-0.2, -0.15) is 0 Å². The van der Waals surface area contributed by atoms with Gasteiger partial charge in [-0.3, -0.25) is 4.79 Å². The van der Waals surface area contributed by atoms with E-state index in [0.29, 0.717) is 35.3 Å². The first-order valence-corrected chi connectivity index (χ1v) is 10.9. The lowest BCUT2D eigenvalue weighted by Gasteiger charge is -2.36. The molecule has 1 aromatic heterocycles. The lowest BCUT2D eigenvalue weighted by atomic mass is 9.84. The van der Waals surface area contributed by atoms with E-state index in [9.17, 15) is 9.59 Å². The molecule has 3 aliphatic rings. The number of likely N-dealkylation sites (tertiary alicyclic amines) is 1. The quantitative estimate of drug-likeness (QED) is 0.747. The van der Waals surface area contributed by atoms with Crippen LogP contribution in [0.25, 0.3) is 0 Å². The molecule has 3 fully saturated rings. The molecule has 0 unspecified atom stereocenters. The number of carbonyl (C=O) groups excluding carboxylic acids is 2. The second-order valence-electron chi connectivity index (χ2n) is 7.72. The van der Waals surface area contributed by atoms with Crippen molar-refractivity contribution in [1.82, 2.24) is 9.80 Å². The molecule has 0 radical (unpaired) electrons. The van der Waals surface area contributed by atoms with Gasteiger partial charge in [0.15, 0.2) is 5.75 Å². The van der Waals surface area contributed by atoms with Crippen molar-refractivity contribution in [3.63, 3.8) is 0 Å². The SMILES string of the molecule is COc1c(C(=O)N2CCC(N3CC4(CCCCC4)OC3=O)CC2)csc1Cl. The summed E-state index contributed by atoms with van der Waals surface area (Å²) in [5, 5.41) is 1.75. The summed E-state index contributed by atoms with van der Waals surface area (Å²) >= 11 is 7.39. The molecule has 2 amide bonds. The minimum Gasteiger partial charge on any atom is -0.493 e. The Kier molecular flexibility index (Phi) is 5.25. The number of methoxy groups -OCH3 is 1. The molecule has 8 heteroatoms. The van der Waals surface area contributed by atoms with Crippen LogP contribution in [0.3, 0.4) is 0 Å². The molecule has 0 bridgehead atoms. The minimum atomic E-state index is -0.261. The van der Waals surface area contributed by atoms with Crippen molar-refractivity contribution >= 4 is 34.9 Å². The molecule has 2 saturated heterocycles. The van der Waals surface area contributed by atoms with Crippen molar-refractivity contribution in [2.45, 2.75) is 56.6 Å². The molecule has 6 nitrogen and oxygen atoms in total. The average Bonchev–Trinajstić information content (AvgIpc) is 3.21. The van der Waals surface area contributed by atoms with Crippen molar-refractivity contribution in [3.8, 4) is 5.75 Å². The van der Waals surface area contributed by atoms with E-state index in [0.717, 1.165) is 38.5 Å². The molecule has 1 spiro atoms. The molecule has 4 rings (SSSR count). The largest absolute Gasteiger partial charge is 0.493 e. The van der Waals surface area contributed by atoms with E-state index in [1.807, 2.05) is 9.80 Å². The van der Waals surface area contributed by atoms with Gasteiger partial charge in [0, 0.05) is 24.5 Å². The van der Waals surface area contributed by atoms with E-state index in [4.69, 9.17) is 21.1 Å². The van der Waals surface area contributed by atoms with Crippen LogP contribution in [0.15, 0.2) is 5.38 Å². The lowest BCUT2D eigenvalue weighted by Crippen LogP contribution is -2.48. The monoisotopic (exact) mass is 412 g/mol. The van der Waals surface area contributed by atoms with E-state index in [1.165, 1.54) is 24.9 Å². The molecular weight excluding hydrogens is 388 g/mol. The number of thiophene rings is 1. The molecule has 1 saturated carbocycles. The topological polar surface area (TPSA) is 59.1 Å². The summed E-state index contributed by atoms with van der Waals surface area (Å²) in [6, 6.07) is 0.149. The fourth-order valence-corrected chi connectivity index (χ4v) is 5.64. The first-order valence-electron chi connectivity index (χ1n) is 9.63. The molecule has 3 heterocycles. The Bertz CT molecular complexity index is 723. The first kappa shape index (κ1) is 18.9. The van der Waals surface area contributed by atoms with Crippen LogP contribution in [0.5, 0.6) is 5.75 Å². The smallest absolute Gasteiger partial charge is 0.410 e. The van der Waals surface area contributed by atoms with Crippen LogP contribution in [0.4, 0.5) is 4.79 Å². The van der Waals surface area contributed by atoms with E-state index in [-0.39, 0.29) is 23.6 Å². The second-order valence-corrected chi connectivity index (χ2v) is 9.20. The molecule has 0 atom stereocenters. The summed E-state index contributed by atoms with van der Waals surface area (Å²) in [5.41, 5.74) is 0.260. The van der Waals surface area contributed by atoms with Crippen LogP contribution in [0.2, 0.25) is 4.34 Å². The highest BCUT2D eigenvalue weighted by atomic mass is 35.5. The molecule has 2 aliphatic heterocycles.